The molecule has 2 aromatic heterocycles. The number of amides is 2. The molecule has 1 unspecified atom stereocenters. The second-order valence-electron chi connectivity index (χ2n) is 7.50. The Hall–Kier alpha value is -3.37. The molecule has 1 fully saturated rings. The zero-order chi connectivity index (χ0) is 22.9. The normalized spacial score (nSPS) is 19.8. The number of thioether (sulfide) groups is 2. The third-order valence-electron chi connectivity index (χ3n) is 5.33. The second-order valence-corrected chi connectivity index (χ2v) is 9.72. The van der Waals surface area contributed by atoms with Crippen LogP contribution in [0.1, 0.15) is 5.56 Å². The fourth-order valence-corrected chi connectivity index (χ4v) is 6.23. The molecule has 0 spiro atoms. The first kappa shape index (κ1) is 21.5. The number of carboxylic acids is 1. The van der Waals surface area contributed by atoms with Gasteiger partial charge in [-0.05, 0) is 29.8 Å². The second kappa shape index (κ2) is 8.87. The molecule has 5 rings (SSSR count). The first-order valence-corrected chi connectivity index (χ1v) is 12.0. The Balaban J connectivity index is 1.33. The Morgan fingerprint density at radius 1 is 1.15 bits per heavy atom. The van der Waals surface area contributed by atoms with E-state index in [-0.39, 0.29) is 18.0 Å². The predicted molar refractivity (Wildman–Crippen MR) is 125 cm³/mol. The Bertz CT molecular complexity index is 1300. The van der Waals surface area contributed by atoms with Crippen LogP contribution in [0.5, 0.6) is 0 Å². The standard InChI is InChI=1S/C23H18N4O4S2/c28-16(11-13-5-2-1-3-6-13)25-18-21(29)27-19(23(30)31)15(12-32-22(18)27)33-17-9-8-14-7-4-10-24-20(14)26-17/h1-10,18,22H,11-12H2,(H,25,28)(H,30,31)/t18?,22-/m1/s1. The van der Waals surface area contributed by atoms with Crippen LogP contribution in [0.25, 0.3) is 11.0 Å². The van der Waals surface area contributed by atoms with Crippen molar-refractivity contribution in [1.29, 1.82) is 0 Å². The number of fused-ring (bicyclic) bond motifs is 2. The molecule has 2 aliphatic heterocycles. The number of carbonyl (C=O) groups excluding carboxylic acids is 2. The van der Waals surface area contributed by atoms with E-state index >= 15 is 0 Å². The molecule has 8 nitrogen and oxygen atoms in total. The summed E-state index contributed by atoms with van der Waals surface area (Å²) in [6, 6.07) is 15.9. The third-order valence-corrected chi connectivity index (χ3v) is 7.81. The van der Waals surface area contributed by atoms with Crippen molar-refractivity contribution in [3.8, 4) is 0 Å². The molecule has 0 saturated carbocycles. The van der Waals surface area contributed by atoms with Gasteiger partial charge in [-0.1, -0.05) is 42.1 Å². The van der Waals surface area contributed by atoms with Crippen LogP contribution in [0.4, 0.5) is 0 Å². The van der Waals surface area contributed by atoms with Gasteiger partial charge in [0, 0.05) is 22.2 Å². The highest BCUT2D eigenvalue weighted by atomic mass is 32.2. The van der Waals surface area contributed by atoms with Crippen molar-refractivity contribution in [2.45, 2.75) is 22.9 Å². The first-order chi connectivity index (χ1) is 16.0. The van der Waals surface area contributed by atoms with Gasteiger partial charge < -0.3 is 10.4 Å². The van der Waals surface area contributed by atoms with Gasteiger partial charge in [-0.3, -0.25) is 14.5 Å². The first-order valence-electron chi connectivity index (χ1n) is 10.2. The van der Waals surface area contributed by atoms with Crippen LogP contribution in [0.2, 0.25) is 0 Å². The monoisotopic (exact) mass is 478 g/mol. The Morgan fingerprint density at radius 3 is 2.76 bits per heavy atom. The fourth-order valence-electron chi connectivity index (χ4n) is 3.79. The number of benzene rings is 1. The van der Waals surface area contributed by atoms with Crippen LogP contribution in [-0.2, 0) is 20.8 Å². The number of carbonyl (C=O) groups is 3. The zero-order valence-corrected chi connectivity index (χ0v) is 18.8. The highest BCUT2D eigenvalue weighted by molar-refractivity contribution is 8.06. The molecule has 33 heavy (non-hydrogen) atoms. The van der Waals surface area contributed by atoms with Crippen molar-refractivity contribution >= 4 is 52.3 Å². The molecule has 0 radical (unpaired) electrons. The number of aromatic nitrogens is 2. The van der Waals surface area contributed by atoms with E-state index in [0.29, 0.717) is 21.3 Å². The minimum absolute atomic E-state index is 0.0507. The summed E-state index contributed by atoms with van der Waals surface area (Å²) in [5.41, 5.74) is 1.37. The molecule has 1 aromatic carbocycles. The highest BCUT2D eigenvalue weighted by Crippen LogP contribution is 2.45. The SMILES string of the molecule is O=C(Cc1ccccc1)NC1C(=O)N2C(C(=O)O)=C(Sc3ccc4cccnc4n3)CS[C@H]12. The molecular formula is C23H18N4O4S2. The Morgan fingerprint density at radius 2 is 1.97 bits per heavy atom. The van der Waals surface area contributed by atoms with Gasteiger partial charge in [0.15, 0.2) is 5.65 Å². The number of rotatable bonds is 6. The van der Waals surface area contributed by atoms with Crippen LogP contribution in [0.3, 0.4) is 0 Å². The van der Waals surface area contributed by atoms with Crippen molar-refractivity contribution in [2.24, 2.45) is 0 Å². The third kappa shape index (κ3) is 4.19. The lowest BCUT2D eigenvalue weighted by Gasteiger charge is -2.49. The smallest absolute Gasteiger partial charge is 0.353 e. The number of β-lactam (4-membered cyclic amide) rings is 1. The van der Waals surface area contributed by atoms with Gasteiger partial charge in [-0.25, -0.2) is 14.8 Å². The summed E-state index contributed by atoms with van der Waals surface area (Å²) in [5, 5.41) is 13.7. The summed E-state index contributed by atoms with van der Waals surface area (Å²) >= 11 is 2.65. The number of hydrogen-bond acceptors (Lipinski definition) is 7. The lowest BCUT2D eigenvalue weighted by Crippen LogP contribution is -2.70. The molecular weight excluding hydrogens is 460 g/mol. The summed E-state index contributed by atoms with van der Waals surface area (Å²) < 4.78 is 0. The molecule has 2 atom stereocenters. The van der Waals surface area contributed by atoms with Gasteiger partial charge in [0.25, 0.3) is 5.91 Å². The quantitative estimate of drug-likeness (QED) is 0.520. The molecule has 166 valence electrons. The van der Waals surface area contributed by atoms with Gasteiger partial charge in [0.1, 0.15) is 22.1 Å². The predicted octanol–water partition coefficient (Wildman–Crippen LogP) is 2.66. The number of pyridine rings is 2. The molecule has 10 heteroatoms. The van der Waals surface area contributed by atoms with E-state index in [2.05, 4.69) is 15.3 Å². The topological polar surface area (TPSA) is 112 Å². The van der Waals surface area contributed by atoms with Gasteiger partial charge >= 0.3 is 5.97 Å². The lowest BCUT2D eigenvalue weighted by molar-refractivity contribution is -0.150. The number of nitrogens with zero attached hydrogens (tertiary/aromatic N) is 3. The van der Waals surface area contributed by atoms with Gasteiger partial charge in [-0.2, -0.15) is 0 Å². The number of nitrogens with one attached hydrogen (secondary N) is 1. The Labute approximate surface area is 197 Å². The van der Waals surface area contributed by atoms with E-state index in [1.165, 1.54) is 28.4 Å². The van der Waals surface area contributed by atoms with Crippen LogP contribution in [-0.4, -0.2) is 54.9 Å². The largest absolute Gasteiger partial charge is 0.477 e. The van der Waals surface area contributed by atoms with E-state index in [4.69, 9.17) is 0 Å². The molecule has 4 heterocycles. The number of carboxylic acid groups (broad SMARTS) is 1. The maximum atomic E-state index is 12.8. The van der Waals surface area contributed by atoms with Crippen LogP contribution >= 0.6 is 23.5 Å². The van der Waals surface area contributed by atoms with Gasteiger partial charge in [-0.15, -0.1) is 11.8 Å². The maximum Gasteiger partial charge on any atom is 0.353 e. The molecule has 3 aromatic rings. The minimum atomic E-state index is -1.18. The molecule has 1 saturated heterocycles. The van der Waals surface area contributed by atoms with Crippen LogP contribution in [0.15, 0.2) is 76.4 Å². The van der Waals surface area contributed by atoms with Crippen LogP contribution in [0, 0.1) is 0 Å². The summed E-state index contributed by atoms with van der Waals surface area (Å²) in [7, 11) is 0. The summed E-state index contributed by atoms with van der Waals surface area (Å²) in [5.74, 6) is -1.47. The summed E-state index contributed by atoms with van der Waals surface area (Å²) in [6.45, 7) is 0. The lowest BCUT2D eigenvalue weighted by atomic mass is 10.0. The molecule has 0 bridgehead atoms. The van der Waals surface area contributed by atoms with E-state index in [1.807, 2.05) is 54.6 Å². The average molecular weight is 479 g/mol. The molecule has 0 aliphatic carbocycles. The summed E-state index contributed by atoms with van der Waals surface area (Å²) in [6.07, 6.45) is 1.81. The molecule has 2 aliphatic rings. The van der Waals surface area contributed by atoms with E-state index < -0.39 is 23.3 Å². The van der Waals surface area contributed by atoms with Gasteiger partial charge in [0.2, 0.25) is 5.91 Å². The molecule has 2 amide bonds. The Kier molecular flexibility index (Phi) is 5.77. The fraction of sp³-hybridized carbons (Fsp3) is 0.174. The van der Waals surface area contributed by atoms with Crippen molar-refractivity contribution < 1.29 is 19.5 Å². The number of aliphatic carboxylic acids is 1. The van der Waals surface area contributed by atoms with Crippen molar-refractivity contribution in [2.75, 3.05) is 5.75 Å². The summed E-state index contributed by atoms with van der Waals surface area (Å²) in [4.78, 5) is 47.9. The minimum Gasteiger partial charge on any atom is -0.477 e. The van der Waals surface area contributed by atoms with Crippen molar-refractivity contribution in [3.63, 3.8) is 0 Å². The van der Waals surface area contributed by atoms with E-state index in [9.17, 15) is 19.5 Å². The number of hydrogen-bond donors (Lipinski definition) is 2. The van der Waals surface area contributed by atoms with E-state index in [0.717, 1.165) is 10.9 Å². The van der Waals surface area contributed by atoms with Crippen molar-refractivity contribution in [3.05, 3.63) is 77.0 Å². The van der Waals surface area contributed by atoms with E-state index in [1.54, 1.807) is 6.20 Å². The van der Waals surface area contributed by atoms with Crippen LogP contribution < -0.4 is 5.32 Å². The maximum absolute atomic E-state index is 12.8. The van der Waals surface area contributed by atoms with Gasteiger partial charge in [0.05, 0.1) is 6.42 Å². The highest BCUT2D eigenvalue weighted by Gasteiger charge is 2.54. The zero-order valence-electron chi connectivity index (χ0n) is 17.2. The average Bonchev–Trinajstić information content (AvgIpc) is 2.82. The molecule has 2 N–H and O–H groups in total. The van der Waals surface area contributed by atoms with Crippen molar-refractivity contribution in [1.82, 2.24) is 20.2 Å².